The van der Waals surface area contributed by atoms with E-state index >= 15 is 0 Å². The Morgan fingerprint density at radius 2 is 2.30 bits per heavy atom. The molecule has 0 amide bonds. The summed E-state index contributed by atoms with van der Waals surface area (Å²) in [5.74, 6) is 1.19. The largest absolute Gasteiger partial charge is 0.467 e. The number of ether oxygens (including phenoxy) is 1. The zero-order valence-electron chi connectivity index (χ0n) is 12.8. The predicted octanol–water partition coefficient (Wildman–Crippen LogP) is 2.55. The maximum Gasteiger partial charge on any atom is 0.328 e. The lowest BCUT2D eigenvalue weighted by molar-refractivity contribution is -0.144. The van der Waals surface area contributed by atoms with E-state index in [1.807, 2.05) is 29.0 Å². The molecule has 0 saturated carbocycles. The van der Waals surface area contributed by atoms with Crippen molar-refractivity contribution in [3.63, 3.8) is 0 Å². The lowest BCUT2D eigenvalue weighted by Gasteiger charge is -2.18. The highest BCUT2D eigenvalue weighted by atomic mass is 32.2. The fourth-order valence-electron chi connectivity index (χ4n) is 2.50. The molecule has 1 atom stereocenters. The van der Waals surface area contributed by atoms with Crippen molar-refractivity contribution in [3.05, 3.63) is 30.6 Å². The summed E-state index contributed by atoms with van der Waals surface area (Å²) in [6, 6.07) is 5.12. The zero-order valence-corrected chi connectivity index (χ0v) is 13.6. The monoisotopic (exact) mass is 332 g/mol. The molecule has 8 heteroatoms. The number of hydrogen-bond donors (Lipinski definition) is 0. The summed E-state index contributed by atoms with van der Waals surface area (Å²) < 4.78 is 11.6. The summed E-state index contributed by atoms with van der Waals surface area (Å²) in [6.45, 7) is 0. The van der Waals surface area contributed by atoms with Crippen LogP contribution in [0.4, 0.5) is 0 Å². The highest BCUT2D eigenvalue weighted by molar-refractivity contribution is 7.98. The molecule has 0 unspecified atom stereocenters. The average Bonchev–Trinajstić information content (AvgIpc) is 3.23. The van der Waals surface area contributed by atoms with Crippen LogP contribution in [0.5, 0.6) is 0 Å². The van der Waals surface area contributed by atoms with Gasteiger partial charge in [-0.1, -0.05) is 6.07 Å². The summed E-state index contributed by atoms with van der Waals surface area (Å²) in [5.41, 5.74) is 2.04. The first-order chi connectivity index (χ1) is 11.3. The molecule has 0 N–H and O–H groups in total. The molecule has 1 aromatic carbocycles. The van der Waals surface area contributed by atoms with Crippen molar-refractivity contribution in [1.29, 1.82) is 0 Å². The van der Waals surface area contributed by atoms with Gasteiger partial charge in [-0.25, -0.2) is 14.4 Å². The van der Waals surface area contributed by atoms with Crippen LogP contribution in [-0.2, 0) is 9.53 Å². The molecule has 0 saturated heterocycles. The van der Waals surface area contributed by atoms with E-state index in [2.05, 4.69) is 15.3 Å². The van der Waals surface area contributed by atoms with Crippen molar-refractivity contribution in [3.8, 4) is 11.4 Å². The van der Waals surface area contributed by atoms with Crippen molar-refractivity contribution in [2.75, 3.05) is 19.1 Å². The summed E-state index contributed by atoms with van der Waals surface area (Å²) >= 11 is 1.68. The van der Waals surface area contributed by atoms with Crippen LogP contribution in [-0.4, -0.2) is 45.0 Å². The summed E-state index contributed by atoms with van der Waals surface area (Å²) in [7, 11) is 1.40. The number of aromatic nitrogens is 4. The van der Waals surface area contributed by atoms with Crippen LogP contribution in [0.1, 0.15) is 12.5 Å². The average molecular weight is 332 g/mol. The van der Waals surface area contributed by atoms with Gasteiger partial charge in [-0.05, 0) is 40.9 Å². The third kappa shape index (κ3) is 2.94. The highest BCUT2D eigenvalue weighted by Crippen LogP contribution is 2.29. The van der Waals surface area contributed by atoms with E-state index in [0.717, 1.165) is 11.3 Å². The van der Waals surface area contributed by atoms with Gasteiger partial charge >= 0.3 is 5.97 Å². The molecule has 0 radical (unpaired) electrons. The van der Waals surface area contributed by atoms with Gasteiger partial charge in [-0.15, -0.1) is 0 Å². The Hall–Kier alpha value is -2.35. The van der Waals surface area contributed by atoms with Crippen molar-refractivity contribution in [1.82, 2.24) is 19.9 Å². The minimum atomic E-state index is -0.430. The van der Waals surface area contributed by atoms with Crippen LogP contribution in [0, 0.1) is 0 Å². The fourth-order valence-corrected chi connectivity index (χ4v) is 2.95. The lowest BCUT2D eigenvalue weighted by Crippen LogP contribution is -2.22. The summed E-state index contributed by atoms with van der Waals surface area (Å²) in [5, 5.41) is 7.79. The Morgan fingerprint density at radius 3 is 3.09 bits per heavy atom. The van der Waals surface area contributed by atoms with E-state index < -0.39 is 6.04 Å². The first-order valence-corrected chi connectivity index (χ1v) is 8.47. The topological polar surface area (TPSA) is 83.0 Å². The normalized spacial score (nSPS) is 12.4. The number of esters is 1. The molecule has 0 aliphatic heterocycles. The van der Waals surface area contributed by atoms with Crippen LogP contribution in [0.25, 0.3) is 22.4 Å². The van der Waals surface area contributed by atoms with E-state index in [-0.39, 0.29) is 5.97 Å². The van der Waals surface area contributed by atoms with E-state index in [4.69, 9.17) is 9.37 Å². The summed E-state index contributed by atoms with van der Waals surface area (Å²) in [4.78, 5) is 16.6. The number of fused-ring (bicyclic) bond motifs is 1. The number of imidazole rings is 1. The molecular formula is C15H16N4O3S. The van der Waals surface area contributed by atoms with Crippen LogP contribution >= 0.6 is 11.8 Å². The zero-order chi connectivity index (χ0) is 16.2. The third-order valence-corrected chi connectivity index (χ3v) is 4.24. The highest BCUT2D eigenvalue weighted by Gasteiger charge is 2.24. The molecule has 0 aliphatic rings. The van der Waals surface area contributed by atoms with E-state index in [1.54, 1.807) is 24.2 Å². The third-order valence-electron chi connectivity index (χ3n) is 3.60. The summed E-state index contributed by atoms with van der Waals surface area (Å²) in [6.07, 6.45) is 6.11. The molecule has 3 aromatic rings. The van der Waals surface area contributed by atoms with Crippen molar-refractivity contribution in [2.24, 2.45) is 0 Å². The van der Waals surface area contributed by atoms with Crippen LogP contribution in [0.3, 0.4) is 0 Å². The SMILES string of the molecule is COC(=O)[C@H](CCSC)n1ccnc1-c1cccc2nonc12. The number of carbonyl (C=O) groups is 1. The molecule has 0 aliphatic carbocycles. The van der Waals surface area contributed by atoms with Gasteiger partial charge in [-0.2, -0.15) is 11.8 Å². The lowest BCUT2D eigenvalue weighted by atomic mass is 10.1. The molecule has 0 fully saturated rings. The Balaban J connectivity index is 2.07. The van der Waals surface area contributed by atoms with Crippen molar-refractivity contribution < 1.29 is 14.2 Å². The first-order valence-electron chi connectivity index (χ1n) is 7.07. The first kappa shape index (κ1) is 15.5. The number of benzene rings is 1. The molecule has 3 rings (SSSR count). The minimum Gasteiger partial charge on any atom is -0.467 e. The Morgan fingerprint density at radius 1 is 1.43 bits per heavy atom. The predicted molar refractivity (Wildman–Crippen MR) is 87.1 cm³/mol. The van der Waals surface area contributed by atoms with Crippen molar-refractivity contribution in [2.45, 2.75) is 12.5 Å². The molecule has 23 heavy (non-hydrogen) atoms. The number of nitrogens with zero attached hydrogens (tertiary/aromatic N) is 4. The van der Waals surface area contributed by atoms with E-state index in [9.17, 15) is 4.79 Å². The van der Waals surface area contributed by atoms with E-state index in [1.165, 1.54) is 7.11 Å². The molecule has 7 nitrogen and oxygen atoms in total. The van der Waals surface area contributed by atoms with Crippen LogP contribution < -0.4 is 0 Å². The second kappa shape index (κ2) is 6.82. The van der Waals surface area contributed by atoms with Gasteiger partial charge in [0.05, 0.1) is 7.11 Å². The van der Waals surface area contributed by atoms with Gasteiger partial charge in [0.1, 0.15) is 22.9 Å². The van der Waals surface area contributed by atoms with Crippen LogP contribution in [0.2, 0.25) is 0 Å². The number of hydrogen-bond acceptors (Lipinski definition) is 7. The quantitative estimate of drug-likeness (QED) is 0.641. The van der Waals surface area contributed by atoms with Gasteiger partial charge in [0.2, 0.25) is 0 Å². The van der Waals surface area contributed by atoms with Crippen molar-refractivity contribution >= 4 is 28.8 Å². The van der Waals surface area contributed by atoms with Gasteiger partial charge in [-0.3, -0.25) is 0 Å². The molecule has 0 bridgehead atoms. The Labute approximate surface area is 137 Å². The minimum absolute atomic E-state index is 0.288. The molecule has 0 spiro atoms. The smallest absolute Gasteiger partial charge is 0.328 e. The van der Waals surface area contributed by atoms with Gasteiger partial charge in [0.25, 0.3) is 0 Å². The number of methoxy groups -OCH3 is 1. The second-order valence-electron chi connectivity index (χ2n) is 4.92. The Kier molecular flexibility index (Phi) is 4.61. The molecule has 2 aromatic heterocycles. The standard InChI is InChI=1S/C15H16N4O3S/c1-21-15(20)12(6-9-23-2)19-8-7-16-14(19)10-4-3-5-11-13(10)18-22-17-11/h3-5,7-8,12H,6,9H2,1-2H3/t12-/m0/s1. The number of thioether (sulfide) groups is 1. The fraction of sp³-hybridized carbons (Fsp3) is 0.333. The maximum absolute atomic E-state index is 12.2. The number of rotatable bonds is 6. The molecule has 120 valence electrons. The van der Waals surface area contributed by atoms with Gasteiger partial charge in [0, 0.05) is 18.0 Å². The Bertz CT molecular complexity index is 814. The van der Waals surface area contributed by atoms with Gasteiger partial charge < -0.3 is 9.30 Å². The maximum atomic E-state index is 12.2. The van der Waals surface area contributed by atoms with Crippen LogP contribution in [0.15, 0.2) is 35.2 Å². The van der Waals surface area contributed by atoms with Gasteiger partial charge in [0.15, 0.2) is 0 Å². The van der Waals surface area contributed by atoms with E-state index in [0.29, 0.717) is 23.3 Å². The molecule has 2 heterocycles. The molecular weight excluding hydrogens is 316 g/mol. The number of carbonyl (C=O) groups excluding carboxylic acids is 1. The second-order valence-corrected chi connectivity index (χ2v) is 5.90.